The minimum atomic E-state index is -1.32. The number of rotatable bonds is 2. The number of benzene rings is 1. The van der Waals surface area contributed by atoms with Crippen LogP contribution >= 0.6 is 22.9 Å². The second kappa shape index (κ2) is 4.32. The van der Waals surface area contributed by atoms with E-state index >= 15 is 0 Å². The number of nitrogens with one attached hydrogen (secondary N) is 1. The number of carboxylic acids is 1. The average molecular weight is 297 g/mol. The second-order valence-electron chi connectivity index (χ2n) is 3.84. The lowest BCUT2D eigenvalue weighted by atomic mass is 10.2. The van der Waals surface area contributed by atoms with Crippen LogP contribution < -0.4 is 0 Å². The number of aromatic nitrogens is 2. The van der Waals surface area contributed by atoms with E-state index < -0.39 is 17.3 Å². The van der Waals surface area contributed by atoms with E-state index in [-0.39, 0.29) is 0 Å². The van der Waals surface area contributed by atoms with Gasteiger partial charge in [0.15, 0.2) is 0 Å². The number of thiophene rings is 1. The summed E-state index contributed by atoms with van der Waals surface area (Å²) in [5, 5.41) is 8.86. The molecule has 2 N–H and O–H groups in total. The van der Waals surface area contributed by atoms with Gasteiger partial charge >= 0.3 is 5.97 Å². The van der Waals surface area contributed by atoms with Crippen molar-refractivity contribution in [3.8, 4) is 10.7 Å². The fourth-order valence-electron chi connectivity index (χ4n) is 1.75. The van der Waals surface area contributed by atoms with Crippen LogP contribution in [0.2, 0.25) is 4.34 Å². The smallest absolute Gasteiger partial charge is 0.338 e. The van der Waals surface area contributed by atoms with Crippen molar-refractivity contribution >= 4 is 39.9 Å². The molecule has 0 aliphatic heterocycles. The van der Waals surface area contributed by atoms with E-state index in [2.05, 4.69) is 9.97 Å². The molecular formula is C12H6ClFN2O2S. The molecule has 7 heteroatoms. The van der Waals surface area contributed by atoms with E-state index in [9.17, 15) is 9.18 Å². The number of carboxylic acid groups (broad SMARTS) is 1. The van der Waals surface area contributed by atoms with Crippen LogP contribution in [-0.2, 0) is 0 Å². The highest BCUT2D eigenvalue weighted by molar-refractivity contribution is 7.19. The van der Waals surface area contributed by atoms with E-state index in [0.717, 1.165) is 10.9 Å². The van der Waals surface area contributed by atoms with Gasteiger partial charge in [-0.25, -0.2) is 14.2 Å². The zero-order valence-corrected chi connectivity index (χ0v) is 10.8. The molecule has 0 fully saturated rings. The molecule has 0 unspecified atom stereocenters. The number of nitrogens with zero attached hydrogens (tertiary/aromatic N) is 1. The van der Waals surface area contributed by atoms with Gasteiger partial charge in [-0.1, -0.05) is 11.6 Å². The molecule has 3 aromatic rings. The lowest BCUT2D eigenvalue weighted by molar-refractivity contribution is 0.0692. The normalized spacial score (nSPS) is 11.1. The molecule has 0 saturated heterocycles. The number of fused-ring (bicyclic) bond motifs is 1. The molecule has 0 atom stereocenters. The molecule has 96 valence electrons. The summed E-state index contributed by atoms with van der Waals surface area (Å²) in [5.41, 5.74) is 0.454. The zero-order valence-electron chi connectivity index (χ0n) is 9.28. The number of hydrogen-bond acceptors (Lipinski definition) is 3. The van der Waals surface area contributed by atoms with Crippen LogP contribution in [0.15, 0.2) is 24.3 Å². The first-order valence-electron chi connectivity index (χ1n) is 5.23. The van der Waals surface area contributed by atoms with Crippen molar-refractivity contribution in [3.05, 3.63) is 40.0 Å². The first-order valence-corrected chi connectivity index (χ1v) is 6.42. The molecule has 1 aromatic carbocycles. The number of aromatic carboxylic acids is 1. The van der Waals surface area contributed by atoms with Crippen molar-refractivity contribution in [2.24, 2.45) is 0 Å². The molecule has 2 heterocycles. The predicted molar refractivity (Wildman–Crippen MR) is 71.3 cm³/mol. The van der Waals surface area contributed by atoms with E-state index in [1.54, 1.807) is 12.1 Å². The van der Waals surface area contributed by atoms with Gasteiger partial charge in [0, 0.05) is 6.07 Å². The number of carbonyl (C=O) groups is 1. The molecule has 0 saturated carbocycles. The standard InChI is InChI=1S/C12H6ClFN2O2S/c13-10-2-1-9(19-10)11-15-7-3-5(12(17)18)6(14)4-8(7)16-11/h1-4H,(H,15,16)(H,17,18). The maximum absolute atomic E-state index is 13.5. The van der Waals surface area contributed by atoms with Gasteiger partial charge < -0.3 is 10.1 Å². The number of H-pyrrole nitrogens is 1. The fourth-order valence-corrected chi connectivity index (χ4v) is 2.74. The molecule has 19 heavy (non-hydrogen) atoms. The van der Waals surface area contributed by atoms with Gasteiger partial charge in [0.25, 0.3) is 0 Å². The Morgan fingerprint density at radius 3 is 2.84 bits per heavy atom. The highest BCUT2D eigenvalue weighted by Gasteiger charge is 2.15. The Balaban J connectivity index is 2.18. The van der Waals surface area contributed by atoms with Gasteiger partial charge in [0.2, 0.25) is 0 Å². The number of aromatic amines is 1. The molecule has 3 rings (SSSR count). The first kappa shape index (κ1) is 12.1. The monoisotopic (exact) mass is 296 g/mol. The van der Waals surface area contributed by atoms with Crippen molar-refractivity contribution < 1.29 is 14.3 Å². The van der Waals surface area contributed by atoms with Gasteiger partial charge in [-0.3, -0.25) is 0 Å². The van der Waals surface area contributed by atoms with Gasteiger partial charge in [-0.15, -0.1) is 11.3 Å². The van der Waals surface area contributed by atoms with E-state index in [0.29, 0.717) is 21.2 Å². The number of imidazole rings is 1. The molecule has 0 aliphatic rings. The maximum atomic E-state index is 13.5. The Bertz CT molecular complexity index is 796. The first-order chi connectivity index (χ1) is 9.04. The van der Waals surface area contributed by atoms with Crippen molar-refractivity contribution in [2.45, 2.75) is 0 Å². The second-order valence-corrected chi connectivity index (χ2v) is 5.56. The van der Waals surface area contributed by atoms with Crippen LogP contribution in [0.4, 0.5) is 4.39 Å². The van der Waals surface area contributed by atoms with Crippen LogP contribution in [0.25, 0.3) is 21.7 Å². The summed E-state index contributed by atoms with van der Waals surface area (Å²) >= 11 is 7.17. The average Bonchev–Trinajstić information content (AvgIpc) is 2.93. The third-order valence-corrected chi connectivity index (χ3v) is 3.85. The summed E-state index contributed by atoms with van der Waals surface area (Å²) in [7, 11) is 0. The molecule has 4 nitrogen and oxygen atoms in total. The summed E-state index contributed by atoms with van der Waals surface area (Å²) in [4.78, 5) is 18.8. The topological polar surface area (TPSA) is 66.0 Å². The Kier molecular flexibility index (Phi) is 2.76. The van der Waals surface area contributed by atoms with Gasteiger partial charge in [0.05, 0.1) is 25.8 Å². The van der Waals surface area contributed by atoms with Crippen molar-refractivity contribution in [1.29, 1.82) is 0 Å². The molecule has 0 radical (unpaired) electrons. The van der Waals surface area contributed by atoms with Gasteiger partial charge in [-0.2, -0.15) is 0 Å². The lowest BCUT2D eigenvalue weighted by Crippen LogP contribution is -1.99. The Morgan fingerprint density at radius 1 is 1.42 bits per heavy atom. The summed E-state index contributed by atoms with van der Waals surface area (Å²) in [6.07, 6.45) is 0. The van der Waals surface area contributed by atoms with Crippen molar-refractivity contribution in [1.82, 2.24) is 9.97 Å². The largest absolute Gasteiger partial charge is 0.478 e. The number of hydrogen-bond donors (Lipinski definition) is 2. The van der Waals surface area contributed by atoms with Crippen LogP contribution in [0.1, 0.15) is 10.4 Å². The predicted octanol–water partition coefficient (Wildman–Crippen LogP) is 3.78. The van der Waals surface area contributed by atoms with Crippen LogP contribution in [0, 0.1) is 5.82 Å². The highest BCUT2D eigenvalue weighted by atomic mass is 35.5. The summed E-state index contributed by atoms with van der Waals surface area (Å²) in [6, 6.07) is 5.86. The SMILES string of the molecule is O=C(O)c1cc2nc(-c3ccc(Cl)s3)[nH]c2cc1F. The summed E-state index contributed by atoms with van der Waals surface area (Å²) in [5.74, 6) is -1.57. The summed E-state index contributed by atoms with van der Waals surface area (Å²) in [6.45, 7) is 0. The van der Waals surface area contributed by atoms with E-state index in [1.165, 1.54) is 17.4 Å². The zero-order chi connectivity index (χ0) is 13.6. The molecule has 0 aliphatic carbocycles. The Hall–Kier alpha value is -1.92. The summed E-state index contributed by atoms with van der Waals surface area (Å²) < 4.78 is 14.2. The fraction of sp³-hybridized carbons (Fsp3) is 0. The quantitative estimate of drug-likeness (QED) is 0.756. The van der Waals surface area contributed by atoms with Gasteiger partial charge in [0.1, 0.15) is 11.6 Å². The lowest BCUT2D eigenvalue weighted by Gasteiger charge is -1.95. The van der Waals surface area contributed by atoms with Crippen LogP contribution in [0.3, 0.4) is 0 Å². The highest BCUT2D eigenvalue weighted by Crippen LogP contribution is 2.30. The third-order valence-electron chi connectivity index (χ3n) is 2.61. The van der Waals surface area contributed by atoms with Gasteiger partial charge in [-0.05, 0) is 18.2 Å². The molecular weight excluding hydrogens is 291 g/mol. The van der Waals surface area contributed by atoms with Crippen LogP contribution in [0.5, 0.6) is 0 Å². The Morgan fingerprint density at radius 2 is 2.21 bits per heavy atom. The molecule has 0 bridgehead atoms. The molecule has 0 amide bonds. The van der Waals surface area contributed by atoms with Crippen molar-refractivity contribution in [2.75, 3.05) is 0 Å². The minimum absolute atomic E-state index is 0.394. The minimum Gasteiger partial charge on any atom is -0.478 e. The van der Waals surface area contributed by atoms with E-state index in [4.69, 9.17) is 16.7 Å². The Labute approximate surface area is 115 Å². The third kappa shape index (κ3) is 2.09. The van der Waals surface area contributed by atoms with E-state index in [1.807, 2.05) is 0 Å². The maximum Gasteiger partial charge on any atom is 0.338 e. The molecule has 0 spiro atoms. The molecule has 2 aromatic heterocycles. The van der Waals surface area contributed by atoms with Crippen molar-refractivity contribution in [3.63, 3.8) is 0 Å². The van der Waals surface area contributed by atoms with Crippen LogP contribution in [-0.4, -0.2) is 21.0 Å². The number of halogens is 2.